The Morgan fingerprint density at radius 1 is 1.36 bits per heavy atom. The van der Waals surface area contributed by atoms with Crippen LogP contribution in [0.25, 0.3) is 0 Å². The van der Waals surface area contributed by atoms with Crippen molar-refractivity contribution < 1.29 is 4.79 Å². The van der Waals surface area contributed by atoms with Gasteiger partial charge >= 0.3 is 0 Å². The molecule has 1 fully saturated rings. The van der Waals surface area contributed by atoms with Crippen LogP contribution >= 0.6 is 0 Å². The van der Waals surface area contributed by atoms with Gasteiger partial charge in [0, 0.05) is 25.0 Å². The molecule has 82 valence electrons. The first-order valence-electron chi connectivity index (χ1n) is 5.38. The van der Waals surface area contributed by atoms with Crippen molar-refractivity contribution in [3.63, 3.8) is 0 Å². The predicted molar refractivity (Wildman–Crippen MR) is 58.1 cm³/mol. The maximum Gasteiger partial charge on any atom is 0.225 e. The van der Waals surface area contributed by atoms with Crippen molar-refractivity contribution >= 4 is 5.91 Å². The fourth-order valence-corrected chi connectivity index (χ4v) is 2.17. The molecule has 0 saturated carbocycles. The van der Waals surface area contributed by atoms with Crippen molar-refractivity contribution in [2.75, 3.05) is 27.2 Å². The van der Waals surface area contributed by atoms with Crippen molar-refractivity contribution in [3.8, 4) is 0 Å². The second-order valence-corrected chi connectivity index (χ2v) is 4.91. The Morgan fingerprint density at radius 2 is 1.93 bits per heavy atom. The zero-order chi connectivity index (χ0) is 10.9. The van der Waals surface area contributed by atoms with Gasteiger partial charge in [0.05, 0.1) is 0 Å². The first-order chi connectivity index (χ1) is 6.43. The number of amides is 1. The third kappa shape index (κ3) is 2.27. The molecular weight excluding hydrogens is 176 g/mol. The molecule has 0 radical (unpaired) electrons. The lowest BCUT2D eigenvalue weighted by Gasteiger charge is -2.22. The maximum absolute atomic E-state index is 11.8. The summed E-state index contributed by atoms with van der Waals surface area (Å²) < 4.78 is 0. The number of hydrogen-bond donors (Lipinski definition) is 0. The smallest absolute Gasteiger partial charge is 0.225 e. The first kappa shape index (κ1) is 11.5. The van der Waals surface area contributed by atoms with Gasteiger partial charge in [-0.1, -0.05) is 20.8 Å². The van der Waals surface area contributed by atoms with Gasteiger partial charge in [0.25, 0.3) is 0 Å². The monoisotopic (exact) mass is 198 g/mol. The van der Waals surface area contributed by atoms with E-state index in [1.165, 1.54) is 0 Å². The number of likely N-dealkylation sites (N-methyl/N-ethyl adjacent to an activating group) is 1. The highest BCUT2D eigenvalue weighted by molar-refractivity contribution is 5.78. The Labute approximate surface area is 87.1 Å². The van der Waals surface area contributed by atoms with E-state index in [-0.39, 0.29) is 5.92 Å². The molecule has 3 heteroatoms. The van der Waals surface area contributed by atoms with Gasteiger partial charge in [0.2, 0.25) is 5.91 Å². The SMILES string of the molecule is CC(C)C(=O)N1CC(C)C(N(C)C)C1. The van der Waals surface area contributed by atoms with Crippen molar-refractivity contribution in [2.45, 2.75) is 26.8 Å². The number of likely N-dealkylation sites (tertiary alicyclic amines) is 1. The summed E-state index contributed by atoms with van der Waals surface area (Å²) >= 11 is 0. The van der Waals surface area contributed by atoms with Crippen LogP contribution in [0.15, 0.2) is 0 Å². The van der Waals surface area contributed by atoms with Gasteiger partial charge in [-0.05, 0) is 20.0 Å². The van der Waals surface area contributed by atoms with Gasteiger partial charge in [-0.25, -0.2) is 0 Å². The summed E-state index contributed by atoms with van der Waals surface area (Å²) in [5.41, 5.74) is 0. The molecule has 2 atom stereocenters. The van der Waals surface area contributed by atoms with E-state index in [4.69, 9.17) is 0 Å². The molecule has 1 aliphatic rings. The summed E-state index contributed by atoms with van der Waals surface area (Å²) in [6.45, 7) is 7.97. The highest BCUT2D eigenvalue weighted by Gasteiger charge is 2.34. The molecule has 2 unspecified atom stereocenters. The Morgan fingerprint density at radius 3 is 2.29 bits per heavy atom. The molecule has 1 amide bonds. The highest BCUT2D eigenvalue weighted by atomic mass is 16.2. The zero-order valence-electron chi connectivity index (χ0n) is 9.95. The molecule has 14 heavy (non-hydrogen) atoms. The van der Waals surface area contributed by atoms with E-state index in [1.807, 2.05) is 18.7 Å². The Bertz CT molecular complexity index is 213. The van der Waals surface area contributed by atoms with Crippen LogP contribution in [0.5, 0.6) is 0 Å². The first-order valence-corrected chi connectivity index (χ1v) is 5.38. The Balaban J connectivity index is 2.59. The lowest BCUT2D eigenvalue weighted by atomic mass is 10.1. The molecule has 0 aromatic heterocycles. The Kier molecular flexibility index (Phi) is 3.53. The summed E-state index contributed by atoms with van der Waals surface area (Å²) in [5.74, 6) is 1.01. The number of nitrogens with zero attached hydrogens (tertiary/aromatic N) is 2. The molecule has 1 heterocycles. The minimum Gasteiger partial charge on any atom is -0.341 e. The van der Waals surface area contributed by atoms with E-state index < -0.39 is 0 Å². The normalized spacial score (nSPS) is 27.8. The van der Waals surface area contributed by atoms with Crippen molar-refractivity contribution in [3.05, 3.63) is 0 Å². The standard InChI is InChI=1S/C11H22N2O/c1-8(2)11(14)13-6-9(3)10(7-13)12(4)5/h8-10H,6-7H2,1-5H3. The van der Waals surface area contributed by atoms with E-state index in [0.717, 1.165) is 13.1 Å². The highest BCUT2D eigenvalue weighted by Crippen LogP contribution is 2.21. The van der Waals surface area contributed by atoms with Gasteiger partial charge in [-0.3, -0.25) is 4.79 Å². The van der Waals surface area contributed by atoms with Crippen LogP contribution in [0.3, 0.4) is 0 Å². The van der Waals surface area contributed by atoms with Crippen LogP contribution in [0.1, 0.15) is 20.8 Å². The molecule has 1 aliphatic heterocycles. The lowest BCUT2D eigenvalue weighted by Crippen LogP contribution is -2.37. The van der Waals surface area contributed by atoms with Crippen molar-refractivity contribution in [1.29, 1.82) is 0 Å². The lowest BCUT2D eigenvalue weighted by molar-refractivity contribution is -0.133. The van der Waals surface area contributed by atoms with Crippen LogP contribution < -0.4 is 0 Å². The molecule has 1 saturated heterocycles. The van der Waals surface area contributed by atoms with E-state index in [1.54, 1.807) is 0 Å². The third-order valence-electron chi connectivity index (χ3n) is 3.04. The topological polar surface area (TPSA) is 23.6 Å². The predicted octanol–water partition coefficient (Wildman–Crippen LogP) is 1.05. The molecule has 0 N–H and O–H groups in total. The van der Waals surface area contributed by atoms with Gasteiger partial charge in [-0.2, -0.15) is 0 Å². The van der Waals surface area contributed by atoms with E-state index >= 15 is 0 Å². The third-order valence-corrected chi connectivity index (χ3v) is 3.04. The van der Waals surface area contributed by atoms with Gasteiger partial charge in [0.1, 0.15) is 0 Å². The average molecular weight is 198 g/mol. The molecule has 3 nitrogen and oxygen atoms in total. The minimum atomic E-state index is 0.128. The molecule has 0 aliphatic carbocycles. The maximum atomic E-state index is 11.8. The van der Waals surface area contributed by atoms with E-state index in [9.17, 15) is 4.79 Å². The number of hydrogen-bond acceptors (Lipinski definition) is 2. The second-order valence-electron chi connectivity index (χ2n) is 4.91. The van der Waals surface area contributed by atoms with E-state index in [2.05, 4.69) is 25.9 Å². The zero-order valence-corrected chi connectivity index (χ0v) is 9.95. The number of carbonyl (C=O) groups is 1. The minimum absolute atomic E-state index is 0.128. The molecule has 0 bridgehead atoms. The molecular formula is C11H22N2O. The largest absolute Gasteiger partial charge is 0.341 e. The molecule has 0 spiro atoms. The van der Waals surface area contributed by atoms with Gasteiger partial charge in [-0.15, -0.1) is 0 Å². The van der Waals surface area contributed by atoms with Crippen LogP contribution in [0.2, 0.25) is 0 Å². The van der Waals surface area contributed by atoms with Crippen molar-refractivity contribution in [1.82, 2.24) is 9.80 Å². The molecule has 0 aromatic rings. The van der Waals surface area contributed by atoms with Crippen LogP contribution in [-0.4, -0.2) is 48.9 Å². The molecule has 0 aromatic carbocycles. The average Bonchev–Trinajstić information content (AvgIpc) is 2.45. The van der Waals surface area contributed by atoms with E-state index in [0.29, 0.717) is 17.9 Å². The summed E-state index contributed by atoms with van der Waals surface area (Å²) in [6.07, 6.45) is 0. The fraction of sp³-hybridized carbons (Fsp3) is 0.909. The quantitative estimate of drug-likeness (QED) is 0.662. The van der Waals surface area contributed by atoms with Crippen molar-refractivity contribution in [2.24, 2.45) is 11.8 Å². The van der Waals surface area contributed by atoms with Gasteiger partial charge in [0.15, 0.2) is 0 Å². The molecule has 1 rings (SSSR count). The number of carbonyl (C=O) groups excluding carboxylic acids is 1. The van der Waals surface area contributed by atoms with Gasteiger partial charge < -0.3 is 9.80 Å². The number of rotatable bonds is 2. The summed E-state index contributed by atoms with van der Waals surface area (Å²) in [4.78, 5) is 16.0. The van der Waals surface area contributed by atoms with Crippen LogP contribution in [0.4, 0.5) is 0 Å². The van der Waals surface area contributed by atoms with Crippen LogP contribution in [-0.2, 0) is 4.79 Å². The summed E-state index contributed by atoms with van der Waals surface area (Å²) in [5, 5.41) is 0. The Hall–Kier alpha value is -0.570. The summed E-state index contributed by atoms with van der Waals surface area (Å²) in [6, 6.07) is 0.526. The second kappa shape index (κ2) is 4.30. The summed E-state index contributed by atoms with van der Waals surface area (Å²) in [7, 11) is 4.18. The van der Waals surface area contributed by atoms with Crippen LogP contribution in [0, 0.1) is 11.8 Å². The fourth-order valence-electron chi connectivity index (χ4n) is 2.17.